The lowest BCUT2D eigenvalue weighted by Crippen LogP contribution is -2.29. The first-order valence-corrected chi connectivity index (χ1v) is 6.61. The summed E-state index contributed by atoms with van der Waals surface area (Å²) in [6.07, 6.45) is 0. The lowest BCUT2D eigenvalue weighted by Gasteiger charge is -2.21. The zero-order chi connectivity index (χ0) is 13.5. The Morgan fingerprint density at radius 1 is 1.22 bits per heavy atom. The molecule has 1 aromatic rings. The van der Waals surface area contributed by atoms with Crippen molar-refractivity contribution in [2.24, 2.45) is 11.8 Å². The van der Waals surface area contributed by atoms with Crippen molar-refractivity contribution in [3.05, 3.63) is 23.8 Å². The summed E-state index contributed by atoms with van der Waals surface area (Å²) in [6.45, 7) is 8.63. The van der Waals surface area contributed by atoms with Gasteiger partial charge in [0.05, 0.1) is 7.11 Å². The van der Waals surface area contributed by atoms with Crippen LogP contribution in [0, 0.1) is 18.8 Å². The topological polar surface area (TPSA) is 33.3 Å². The number of ether oxygens (including phenoxy) is 1. The molecule has 0 amide bonds. The molecule has 0 aromatic heterocycles. The van der Waals surface area contributed by atoms with E-state index in [1.807, 2.05) is 13.1 Å². The van der Waals surface area contributed by atoms with Crippen molar-refractivity contribution in [1.29, 1.82) is 0 Å². The van der Waals surface area contributed by atoms with Crippen molar-refractivity contribution in [3.8, 4) is 5.75 Å². The van der Waals surface area contributed by atoms with Crippen LogP contribution in [0.25, 0.3) is 0 Å². The highest BCUT2D eigenvalue weighted by Gasteiger charge is 2.12. The third-order valence-corrected chi connectivity index (χ3v) is 3.37. The number of aryl methyl sites for hydroxylation is 1. The molecule has 1 unspecified atom stereocenters. The number of benzene rings is 1. The first-order chi connectivity index (χ1) is 8.58. The maximum atomic E-state index is 5.26. The smallest absolute Gasteiger partial charge is 0.121 e. The molecule has 0 saturated carbocycles. The summed E-state index contributed by atoms with van der Waals surface area (Å²) in [6, 6.07) is 6.22. The van der Waals surface area contributed by atoms with Gasteiger partial charge in [0.25, 0.3) is 0 Å². The maximum absolute atomic E-state index is 5.26. The SMILES string of the molecule is CNCC(CNc1ccc(OC)c(C)c1)C(C)C. The van der Waals surface area contributed by atoms with Crippen molar-refractivity contribution in [2.45, 2.75) is 20.8 Å². The first kappa shape index (κ1) is 14.8. The van der Waals surface area contributed by atoms with Gasteiger partial charge in [0.15, 0.2) is 0 Å². The van der Waals surface area contributed by atoms with Gasteiger partial charge in [-0.15, -0.1) is 0 Å². The van der Waals surface area contributed by atoms with Gasteiger partial charge < -0.3 is 15.4 Å². The molecule has 18 heavy (non-hydrogen) atoms. The fourth-order valence-corrected chi connectivity index (χ4v) is 2.04. The lowest BCUT2D eigenvalue weighted by atomic mass is 9.95. The number of methoxy groups -OCH3 is 1. The van der Waals surface area contributed by atoms with E-state index in [0.717, 1.165) is 30.1 Å². The van der Waals surface area contributed by atoms with E-state index in [1.54, 1.807) is 7.11 Å². The van der Waals surface area contributed by atoms with Gasteiger partial charge in [0.2, 0.25) is 0 Å². The molecule has 0 spiro atoms. The molecule has 0 saturated heterocycles. The highest BCUT2D eigenvalue weighted by molar-refractivity contribution is 5.50. The Morgan fingerprint density at radius 2 is 1.94 bits per heavy atom. The van der Waals surface area contributed by atoms with E-state index >= 15 is 0 Å². The molecular weight excluding hydrogens is 224 g/mol. The van der Waals surface area contributed by atoms with Crippen LogP contribution in [-0.2, 0) is 0 Å². The van der Waals surface area contributed by atoms with Crippen molar-refractivity contribution in [1.82, 2.24) is 5.32 Å². The van der Waals surface area contributed by atoms with Crippen LogP contribution in [-0.4, -0.2) is 27.2 Å². The van der Waals surface area contributed by atoms with E-state index in [-0.39, 0.29) is 0 Å². The van der Waals surface area contributed by atoms with Crippen molar-refractivity contribution >= 4 is 5.69 Å². The quantitative estimate of drug-likeness (QED) is 0.780. The second kappa shape index (κ2) is 7.27. The van der Waals surface area contributed by atoms with Crippen LogP contribution >= 0.6 is 0 Å². The molecule has 0 aliphatic heterocycles. The third kappa shape index (κ3) is 4.22. The summed E-state index contributed by atoms with van der Waals surface area (Å²) in [5.74, 6) is 2.25. The minimum absolute atomic E-state index is 0.636. The predicted molar refractivity (Wildman–Crippen MR) is 78.5 cm³/mol. The molecule has 3 nitrogen and oxygen atoms in total. The second-order valence-electron chi connectivity index (χ2n) is 5.13. The van der Waals surface area contributed by atoms with Crippen molar-refractivity contribution < 1.29 is 4.74 Å². The Balaban J connectivity index is 2.59. The van der Waals surface area contributed by atoms with Crippen LogP contribution in [0.3, 0.4) is 0 Å². The fourth-order valence-electron chi connectivity index (χ4n) is 2.04. The normalized spacial score (nSPS) is 12.6. The number of hydrogen-bond donors (Lipinski definition) is 2. The molecule has 102 valence electrons. The minimum Gasteiger partial charge on any atom is -0.496 e. The summed E-state index contributed by atoms with van der Waals surface area (Å²) < 4.78 is 5.26. The first-order valence-electron chi connectivity index (χ1n) is 6.61. The number of hydrogen-bond acceptors (Lipinski definition) is 3. The van der Waals surface area contributed by atoms with Gasteiger partial charge in [-0.1, -0.05) is 13.8 Å². The van der Waals surface area contributed by atoms with Crippen LogP contribution in [0.2, 0.25) is 0 Å². The van der Waals surface area contributed by atoms with Crippen molar-refractivity contribution in [3.63, 3.8) is 0 Å². The molecule has 1 aromatic carbocycles. The molecule has 0 aliphatic rings. The van der Waals surface area contributed by atoms with Crippen LogP contribution in [0.4, 0.5) is 5.69 Å². The monoisotopic (exact) mass is 250 g/mol. The molecule has 0 fully saturated rings. The van der Waals surface area contributed by atoms with E-state index in [2.05, 4.69) is 43.5 Å². The third-order valence-electron chi connectivity index (χ3n) is 3.37. The molecule has 3 heteroatoms. The van der Waals surface area contributed by atoms with E-state index in [9.17, 15) is 0 Å². The maximum Gasteiger partial charge on any atom is 0.121 e. The minimum atomic E-state index is 0.636. The summed E-state index contributed by atoms with van der Waals surface area (Å²) in [4.78, 5) is 0. The highest BCUT2D eigenvalue weighted by Crippen LogP contribution is 2.22. The van der Waals surface area contributed by atoms with Gasteiger partial charge in [-0.25, -0.2) is 0 Å². The molecule has 1 atom stereocenters. The van der Waals surface area contributed by atoms with Gasteiger partial charge in [0.1, 0.15) is 5.75 Å². The van der Waals surface area contributed by atoms with E-state index in [1.165, 1.54) is 0 Å². The van der Waals surface area contributed by atoms with Gasteiger partial charge >= 0.3 is 0 Å². The van der Waals surface area contributed by atoms with E-state index < -0.39 is 0 Å². The largest absolute Gasteiger partial charge is 0.496 e. The molecule has 0 heterocycles. The van der Waals surface area contributed by atoms with Gasteiger partial charge in [-0.3, -0.25) is 0 Å². The molecule has 2 N–H and O–H groups in total. The Morgan fingerprint density at radius 3 is 2.44 bits per heavy atom. The predicted octanol–water partition coefficient (Wildman–Crippen LogP) is 2.91. The average molecular weight is 250 g/mol. The summed E-state index contributed by atoms with van der Waals surface area (Å²) in [7, 11) is 3.71. The average Bonchev–Trinajstić information content (AvgIpc) is 2.34. The second-order valence-corrected chi connectivity index (χ2v) is 5.13. The van der Waals surface area contributed by atoms with Crippen LogP contribution in [0.5, 0.6) is 5.75 Å². The Labute approximate surface area is 111 Å². The zero-order valence-corrected chi connectivity index (χ0v) is 12.2. The summed E-state index contributed by atoms with van der Waals surface area (Å²) >= 11 is 0. The molecule has 0 aliphatic carbocycles. The van der Waals surface area contributed by atoms with Gasteiger partial charge in [0, 0.05) is 12.2 Å². The highest BCUT2D eigenvalue weighted by atomic mass is 16.5. The van der Waals surface area contributed by atoms with Crippen LogP contribution < -0.4 is 15.4 Å². The standard InChI is InChI=1S/C15H26N2O/c1-11(2)13(9-16-4)10-17-14-6-7-15(18-5)12(3)8-14/h6-8,11,13,16-17H,9-10H2,1-5H3. The Kier molecular flexibility index (Phi) is 5.99. The molecule has 1 rings (SSSR count). The fraction of sp³-hybridized carbons (Fsp3) is 0.600. The lowest BCUT2D eigenvalue weighted by molar-refractivity contribution is 0.390. The summed E-state index contributed by atoms with van der Waals surface area (Å²) in [5.41, 5.74) is 2.33. The van der Waals surface area contributed by atoms with E-state index in [4.69, 9.17) is 4.74 Å². The number of rotatable bonds is 7. The number of anilines is 1. The van der Waals surface area contributed by atoms with Gasteiger partial charge in [-0.2, -0.15) is 0 Å². The molecule has 0 bridgehead atoms. The van der Waals surface area contributed by atoms with Gasteiger partial charge in [-0.05, 0) is 56.1 Å². The van der Waals surface area contributed by atoms with Crippen LogP contribution in [0.1, 0.15) is 19.4 Å². The molecule has 0 radical (unpaired) electrons. The molecular formula is C15H26N2O. The number of nitrogens with one attached hydrogen (secondary N) is 2. The summed E-state index contributed by atoms with van der Waals surface area (Å²) in [5, 5.41) is 6.76. The Bertz CT molecular complexity index is 364. The van der Waals surface area contributed by atoms with Crippen LogP contribution in [0.15, 0.2) is 18.2 Å². The zero-order valence-electron chi connectivity index (χ0n) is 12.2. The Hall–Kier alpha value is -1.22. The van der Waals surface area contributed by atoms with Crippen molar-refractivity contribution in [2.75, 3.05) is 32.6 Å². The van der Waals surface area contributed by atoms with E-state index in [0.29, 0.717) is 11.8 Å².